The fourth-order valence-electron chi connectivity index (χ4n) is 1.14. The number of carbonyl (C=O) groups is 1. The van der Waals surface area contributed by atoms with Crippen LogP contribution in [0.3, 0.4) is 0 Å². The van der Waals surface area contributed by atoms with Crippen LogP contribution in [-0.2, 0) is 9.53 Å². The van der Waals surface area contributed by atoms with Gasteiger partial charge in [0, 0.05) is 18.5 Å². The summed E-state index contributed by atoms with van der Waals surface area (Å²) in [6, 6.07) is 5.45. The van der Waals surface area contributed by atoms with Crippen LogP contribution in [0.5, 0.6) is 0 Å². The first kappa shape index (κ1) is 13.2. The molecule has 1 unspecified atom stereocenters. The zero-order valence-electron chi connectivity index (χ0n) is 10.7. The van der Waals surface area contributed by atoms with Crippen LogP contribution in [0.25, 0.3) is 0 Å². The zero-order valence-corrected chi connectivity index (χ0v) is 10.7. The molecule has 3 heteroatoms. The number of hydrogen-bond donors (Lipinski definition) is 0. The molecule has 0 aliphatic carbocycles. The number of hydrogen-bond acceptors (Lipinski definition) is 3. The molecule has 0 aromatic carbocycles. The Hall–Kier alpha value is -1.82. The molecule has 0 bridgehead atoms. The van der Waals surface area contributed by atoms with Crippen LogP contribution in [-0.4, -0.2) is 11.0 Å². The van der Waals surface area contributed by atoms with E-state index in [-0.39, 0.29) is 11.4 Å². The minimum Gasteiger partial charge on any atom is -0.443 e. The lowest BCUT2D eigenvalue weighted by Crippen LogP contribution is -2.09. The average Bonchev–Trinajstić information content (AvgIpc) is 2.24. The second-order valence-corrected chi connectivity index (χ2v) is 4.76. The van der Waals surface area contributed by atoms with Gasteiger partial charge >= 0.3 is 5.97 Å². The highest BCUT2D eigenvalue weighted by molar-refractivity contribution is 5.66. The molecule has 1 atom stereocenters. The van der Waals surface area contributed by atoms with E-state index in [0.29, 0.717) is 5.69 Å². The Morgan fingerprint density at radius 2 is 2.12 bits per heavy atom. The first-order valence-corrected chi connectivity index (χ1v) is 5.49. The van der Waals surface area contributed by atoms with Gasteiger partial charge in [0.2, 0.25) is 6.10 Å². The van der Waals surface area contributed by atoms with E-state index in [9.17, 15) is 4.79 Å². The van der Waals surface area contributed by atoms with Crippen molar-refractivity contribution < 1.29 is 9.53 Å². The Bertz CT molecular complexity index is 435. The molecule has 1 heterocycles. The van der Waals surface area contributed by atoms with Gasteiger partial charge in [0.25, 0.3) is 0 Å². The maximum atomic E-state index is 11.0. The highest BCUT2D eigenvalue weighted by Gasteiger charge is 2.14. The predicted molar refractivity (Wildman–Crippen MR) is 66.0 cm³/mol. The molecule has 0 aliphatic rings. The minimum atomic E-state index is -0.590. The smallest absolute Gasteiger partial charge is 0.304 e. The van der Waals surface area contributed by atoms with E-state index in [1.54, 1.807) is 12.3 Å². The lowest BCUT2D eigenvalue weighted by Gasteiger charge is -2.12. The van der Waals surface area contributed by atoms with E-state index in [4.69, 9.17) is 4.74 Å². The number of nitrogens with zero attached hydrogens (tertiary/aromatic N) is 1. The van der Waals surface area contributed by atoms with Gasteiger partial charge in [-0.2, -0.15) is 0 Å². The van der Waals surface area contributed by atoms with Crippen LogP contribution >= 0.6 is 0 Å². The molecule has 90 valence electrons. The molecule has 17 heavy (non-hydrogen) atoms. The highest BCUT2D eigenvalue weighted by Crippen LogP contribution is 2.16. The van der Waals surface area contributed by atoms with Crippen molar-refractivity contribution in [1.82, 2.24) is 4.98 Å². The summed E-state index contributed by atoms with van der Waals surface area (Å²) >= 11 is 0. The minimum absolute atomic E-state index is 0.132. The molecule has 1 aromatic rings. The number of aromatic nitrogens is 1. The van der Waals surface area contributed by atoms with Gasteiger partial charge in [0.15, 0.2) is 0 Å². The van der Waals surface area contributed by atoms with Gasteiger partial charge in [-0.15, -0.1) is 0 Å². The Labute approximate surface area is 102 Å². The Morgan fingerprint density at radius 3 is 2.59 bits per heavy atom. The Balaban J connectivity index is 2.96. The fourth-order valence-corrected chi connectivity index (χ4v) is 1.14. The van der Waals surface area contributed by atoms with E-state index in [1.165, 1.54) is 6.92 Å². The van der Waals surface area contributed by atoms with Crippen LogP contribution in [0.15, 0.2) is 24.4 Å². The SMILES string of the molecule is CC(=O)OC(C#CC(C)(C)C)c1ccccn1. The molecule has 1 rings (SSSR count). The summed E-state index contributed by atoms with van der Waals surface area (Å²) in [5, 5.41) is 0. The van der Waals surface area contributed by atoms with Crippen molar-refractivity contribution >= 4 is 5.97 Å². The molecular weight excluding hydrogens is 214 g/mol. The number of carbonyl (C=O) groups excluding carboxylic acids is 1. The largest absolute Gasteiger partial charge is 0.443 e. The number of ether oxygens (including phenoxy) is 1. The van der Waals surface area contributed by atoms with Crippen LogP contribution in [0.4, 0.5) is 0 Å². The summed E-state index contributed by atoms with van der Waals surface area (Å²) in [4.78, 5) is 15.2. The standard InChI is InChI=1S/C14H17NO2/c1-11(16)17-13(8-9-14(2,3)4)12-7-5-6-10-15-12/h5-7,10,13H,1-4H3. The van der Waals surface area contributed by atoms with Gasteiger partial charge in [-0.05, 0) is 32.9 Å². The quantitative estimate of drug-likeness (QED) is 0.580. The molecule has 0 saturated carbocycles. The molecule has 0 spiro atoms. The van der Waals surface area contributed by atoms with Gasteiger partial charge in [0.05, 0.1) is 5.69 Å². The maximum Gasteiger partial charge on any atom is 0.304 e. The van der Waals surface area contributed by atoms with E-state index < -0.39 is 6.10 Å². The van der Waals surface area contributed by atoms with Gasteiger partial charge in [-0.1, -0.05) is 17.9 Å². The Morgan fingerprint density at radius 1 is 1.41 bits per heavy atom. The van der Waals surface area contributed by atoms with Gasteiger partial charge in [0.1, 0.15) is 0 Å². The number of esters is 1. The van der Waals surface area contributed by atoms with Gasteiger partial charge in [-0.3, -0.25) is 9.78 Å². The van der Waals surface area contributed by atoms with Crippen molar-refractivity contribution in [1.29, 1.82) is 0 Å². The third-order valence-corrected chi connectivity index (χ3v) is 1.82. The molecular formula is C14H17NO2. The van der Waals surface area contributed by atoms with Crippen LogP contribution in [0, 0.1) is 17.3 Å². The van der Waals surface area contributed by atoms with Crippen LogP contribution < -0.4 is 0 Å². The molecule has 0 saturated heterocycles. The summed E-state index contributed by atoms with van der Waals surface area (Å²) < 4.78 is 5.16. The third-order valence-electron chi connectivity index (χ3n) is 1.82. The van der Waals surface area contributed by atoms with Crippen molar-refractivity contribution in [2.75, 3.05) is 0 Å². The predicted octanol–water partition coefficient (Wildman–Crippen LogP) is 2.74. The third kappa shape index (κ3) is 5.17. The molecule has 0 radical (unpaired) electrons. The molecule has 0 fully saturated rings. The van der Waals surface area contributed by atoms with Crippen molar-refractivity contribution in [2.45, 2.75) is 33.8 Å². The first-order chi connectivity index (χ1) is 7.88. The maximum absolute atomic E-state index is 11.0. The molecule has 0 amide bonds. The number of pyridine rings is 1. The average molecular weight is 231 g/mol. The monoisotopic (exact) mass is 231 g/mol. The Kier molecular flexibility index (Phi) is 4.28. The van der Waals surface area contributed by atoms with Crippen molar-refractivity contribution in [3.63, 3.8) is 0 Å². The summed E-state index contributed by atoms with van der Waals surface area (Å²) in [7, 11) is 0. The summed E-state index contributed by atoms with van der Waals surface area (Å²) in [5.74, 6) is 5.65. The van der Waals surface area contributed by atoms with E-state index >= 15 is 0 Å². The lowest BCUT2D eigenvalue weighted by atomic mass is 9.97. The summed E-state index contributed by atoms with van der Waals surface area (Å²) in [6.45, 7) is 7.38. The van der Waals surface area contributed by atoms with Crippen molar-refractivity contribution in [3.8, 4) is 11.8 Å². The summed E-state index contributed by atoms with van der Waals surface area (Å²) in [6.07, 6.45) is 1.07. The van der Waals surface area contributed by atoms with E-state index in [1.807, 2.05) is 32.9 Å². The highest BCUT2D eigenvalue weighted by atomic mass is 16.5. The van der Waals surface area contributed by atoms with Gasteiger partial charge in [-0.25, -0.2) is 0 Å². The topological polar surface area (TPSA) is 39.2 Å². The van der Waals surface area contributed by atoms with Crippen molar-refractivity contribution in [2.24, 2.45) is 5.41 Å². The van der Waals surface area contributed by atoms with E-state index in [0.717, 1.165) is 0 Å². The van der Waals surface area contributed by atoms with Crippen LogP contribution in [0.2, 0.25) is 0 Å². The second kappa shape index (κ2) is 5.49. The fraction of sp³-hybridized carbons (Fsp3) is 0.429. The van der Waals surface area contributed by atoms with Gasteiger partial charge < -0.3 is 4.74 Å². The second-order valence-electron chi connectivity index (χ2n) is 4.76. The molecule has 0 aliphatic heterocycles. The van der Waals surface area contributed by atoms with E-state index in [2.05, 4.69) is 16.8 Å². The van der Waals surface area contributed by atoms with Crippen LogP contribution in [0.1, 0.15) is 39.5 Å². The normalized spacial score (nSPS) is 12.2. The lowest BCUT2D eigenvalue weighted by molar-refractivity contribution is -0.144. The molecule has 3 nitrogen and oxygen atoms in total. The summed E-state index contributed by atoms with van der Waals surface area (Å²) in [5.41, 5.74) is 0.521. The molecule has 0 N–H and O–H groups in total. The van der Waals surface area contributed by atoms with Crippen molar-refractivity contribution in [3.05, 3.63) is 30.1 Å². The molecule has 1 aromatic heterocycles. The first-order valence-electron chi connectivity index (χ1n) is 5.49. The zero-order chi connectivity index (χ0) is 12.9. The number of rotatable bonds is 2.